The van der Waals surface area contributed by atoms with E-state index in [2.05, 4.69) is 25.6 Å². The highest BCUT2D eigenvalue weighted by atomic mass is 32.1. The molecule has 0 saturated heterocycles. The minimum absolute atomic E-state index is 0.149. The molecule has 3 aromatic carbocycles. The highest BCUT2D eigenvalue weighted by molar-refractivity contribution is 7.80. The molecule has 0 fully saturated rings. The highest BCUT2D eigenvalue weighted by Gasteiger charge is 2.10. The lowest BCUT2D eigenvalue weighted by molar-refractivity contribution is 0.0600. The Morgan fingerprint density at radius 2 is 1.37 bits per heavy atom. The van der Waals surface area contributed by atoms with E-state index in [9.17, 15) is 9.59 Å². The Bertz CT molecular complexity index is 1070. The standard InChI is InChI=1S/C22H18N4O3S/c1-29-21(28)16-9-7-15(8-10-16)20(27)24-22(30)23-17-11-13-19(14-12-17)26-25-18-5-3-2-4-6-18/h2-14H,1H3,(H2,23,24,27,30). The summed E-state index contributed by atoms with van der Waals surface area (Å²) in [7, 11) is 1.30. The number of amides is 1. The summed E-state index contributed by atoms with van der Waals surface area (Å²) in [5.41, 5.74) is 2.87. The van der Waals surface area contributed by atoms with Gasteiger partial charge >= 0.3 is 5.97 Å². The normalized spacial score (nSPS) is 10.4. The van der Waals surface area contributed by atoms with Crippen molar-refractivity contribution in [1.29, 1.82) is 0 Å². The molecule has 0 radical (unpaired) electrons. The van der Waals surface area contributed by atoms with Crippen LogP contribution in [0.2, 0.25) is 0 Å². The van der Waals surface area contributed by atoms with Gasteiger partial charge < -0.3 is 10.1 Å². The molecule has 30 heavy (non-hydrogen) atoms. The van der Waals surface area contributed by atoms with E-state index in [0.29, 0.717) is 22.5 Å². The average molecular weight is 418 g/mol. The van der Waals surface area contributed by atoms with Crippen molar-refractivity contribution in [3.05, 3.63) is 90.0 Å². The molecule has 0 unspecified atom stereocenters. The van der Waals surface area contributed by atoms with Gasteiger partial charge in [-0.15, -0.1) is 0 Å². The average Bonchev–Trinajstić information content (AvgIpc) is 2.78. The van der Waals surface area contributed by atoms with Crippen molar-refractivity contribution in [2.45, 2.75) is 0 Å². The first-order valence-corrected chi connectivity index (χ1v) is 9.33. The number of methoxy groups -OCH3 is 1. The van der Waals surface area contributed by atoms with Crippen LogP contribution in [0.5, 0.6) is 0 Å². The number of thiocarbonyl (C=S) groups is 1. The van der Waals surface area contributed by atoms with Crippen LogP contribution in [-0.2, 0) is 4.74 Å². The summed E-state index contributed by atoms with van der Waals surface area (Å²) in [6.45, 7) is 0. The van der Waals surface area contributed by atoms with Crippen molar-refractivity contribution >= 4 is 46.3 Å². The summed E-state index contributed by atoms with van der Waals surface area (Å²) in [5.74, 6) is -0.858. The van der Waals surface area contributed by atoms with Crippen LogP contribution in [0.25, 0.3) is 0 Å². The van der Waals surface area contributed by atoms with Gasteiger partial charge in [0.05, 0.1) is 24.0 Å². The SMILES string of the molecule is COC(=O)c1ccc(C(=O)NC(=S)Nc2ccc(N=Nc3ccccc3)cc2)cc1. The molecular weight excluding hydrogens is 400 g/mol. The second kappa shape index (κ2) is 10.0. The number of hydrogen-bond acceptors (Lipinski definition) is 6. The molecule has 0 bridgehead atoms. The maximum atomic E-state index is 12.3. The minimum Gasteiger partial charge on any atom is -0.465 e. The smallest absolute Gasteiger partial charge is 0.337 e. The van der Waals surface area contributed by atoms with Crippen LogP contribution < -0.4 is 10.6 Å². The van der Waals surface area contributed by atoms with Gasteiger partial charge in [0.2, 0.25) is 0 Å². The molecule has 0 aliphatic carbocycles. The maximum Gasteiger partial charge on any atom is 0.337 e. The summed E-state index contributed by atoms with van der Waals surface area (Å²) in [5, 5.41) is 14.0. The number of carbonyl (C=O) groups is 2. The quantitative estimate of drug-likeness (QED) is 0.345. The van der Waals surface area contributed by atoms with Crippen molar-refractivity contribution in [1.82, 2.24) is 5.32 Å². The highest BCUT2D eigenvalue weighted by Crippen LogP contribution is 2.20. The van der Waals surface area contributed by atoms with Crippen LogP contribution in [0, 0.1) is 0 Å². The topological polar surface area (TPSA) is 92.2 Å². The molecule has 0 aromatic heterocycles. The van der Waals surface area contributed by atoms with Crippen LogP contribution in [-0.4, -0.2) is 24.1 Å². The lowest BCUT2D eigenvalue weighted by Gasteiger charge is -2.10. The van der Waals surface area contributed by atoms with Gasteiger partial charge in [0, 0.05) is 11.3 Å². The third-order valence-electron chi connectivity index (χ3n) is 3.96. The van der Waals surface area contributed by atoms with Gasteiger partial charge in [-0.25, -0.2) is 4.79 Å². The Morgan fingerprint density at radius 1 is 0.800 bits per heavy atom. The van der Waals surface area contributed by atoms with Crippen LogP contribution in [0.15, 0.2) is 89.1 Å². The van der Waals surface area contributed by atoms with Gasteiger partial charge in [0.1, 0.15) is 0 Å². The lowest BCUT2D eigenvalue weighted by Crippen LogP contribution is -2.34. The number of nitrogens with zero attached hydrogens (tertiary/aromatic N) is 2. The van der Waals surface area contributed by atoms with Crippen LogP contribution in [0.1, 0.15) is 20.7 Å². The van der Waals surface area contributed by atoms with Crippen molar-refractivity contribution in [3.8, 4) is 0 Å². The number of ether oxygens (including phenoxy) is 1. The molecule has 0 atom stereocenters. The zero-order chi connectivity index (χ0) is 21.3. The Hall–Kier alpha value is -3.91. The number of esters is 1. The fourth-order valence-electron chi connectivity index (χ4n) is 2.43. The Balaban J connectivity index is 1.54. The van der Waals surface area contributed by atoms with Crippen molar-refractivity contribution in [2.24, 2.45) is 10.2 Å². The largest absolute Gasteiger partial charge is 0.465 e. The number of hydrogen-bond donors (Lipinski definition) is 2. The van der Waals surface area contributed by atoms with Gasteiger partial charge in [0.15, 0.2) is 5.11 Å². The molecular formula is C22H18N4O3S. The van der Waals surface area contributed by atoms with Gasteiger partial charge in [-0.2, -0.15) is 10.2 Å². The zero-order valence-corrected chi connectivity index (χ0v) is 16.8. The molecule has 3 aromatic rings. The molecule has 0 saturated carbocycles. The van der Waals surface area contributed by atoms with Gasteiger partial charge in [-0.3, -0.25) is 10.1 Å². The van der Waals surface area contributed by atoms with E-state index in [-0.39, 0.29) is 5.11 Å². The van der Waals surface area contributed by atoms with Crippen molar-refractivity contribution in [3.63, 3.8) is 0 Å². The van der Waals surface area contributed by atoms with Crippen LogP contribution >= 0.6 is 12.2 Å². The first-order chi connectivity index (χ1) is 14.5. The summed E-state index contributed by atoms with van der Waals surface area (Å²) < 4.78 is 4.63. The fraction of sp³-hybridized carbons (Fsp3) is 0.0455. The molecule has 0 spiro atoms. The summed E-state index contributed by atoms with van der Waals surface area (Å²) in [4.78, 5) is 23.7. The predicted molar refractivity (Wildman–Crippen MR) is 119 cm³/mol. The minimum atomic E-state index is -0.467. The van der Waals surface area contributed by atoms with E-state index in [4.69, 9.17) is 12.2 Å². The molecule has 0 heterocycles. The molecule has 3 rings (SSSR count). The van der Waals surface area contributed by atoms with E-state index in [1.165, 1.54) is 31.4 Å². The number of nitrogens with one attached hydrogen (secondary N) is 2. The number of azo groups is 1. The fourth-order valence-corrected chi connectivity index (χ4v) is 2.65. The van der Waals surface area contributed by atoms with Gasteiger partial charge in [-0.05, 0) is 72.9 Å². The molecule has 0 aliphatic rings. The number of benzene rings is 3. The monoisotopic (exact) mass is 418 g/mol. The lowest BCUT2D eigenvalue weighted by atomic mass is 10.1. The third-order valence-corrected chi connectivity index (χ3v) is 4.16. The number of anilines is 1. The summed E-state index contributed by atoms with van der Waals surface area (Å²) in [6, 6.07) is 22.6. The zero-order valence-electron chi connectivity index (χ0n) is 16.0. The van der Waals surface area contributed by atoms with E-state index in [0.717, 1.165) is 5.69 Å². The van der Waals surface area contributed by atoms with Gasteiger partial charge in [-0.1, -0.05) is 18.2 Å². The predicted octanol–water partition coefficient (Wildman–Crippen LogP) is 5.02. The molecule has 7 nitrogen and oxygen atoms in total. The van der Waals surface area contributed by atoms with Crippen molar-refractivity contribution < 1.29 is 14.3 Å². The van der Waals surface area contributed by atoms with E-state index < -0.39 is 11.9 Å². The van der Waals surface area contributed by atoms with Crippen LogP contribution in [0.4, 0.5) is 17.1 Å². The molecule has 150 valence electrons. The maximum absolute atomic E-state index is 12.3. The Kier molecular flexibility index (Phi) is 6.96. The third kappa shape index (κ3) is 5.79. The van der Waals surface area contributed by atoms with Crippen molar-refractivity contribution in [2.75, 3.05) is 12.4 Å². The summed E-state index contributed by atoms with van der Waals surface area (Å²) in [6.07, 6.45) is 0. The number of rotatable bonds is 5. The molecule has 1 amide bonds. The van der Waals surface area contributed by atoms with E-state index in [1.54, 1.807) is 24.3 Å². The Morgan fingerprint density at radius 3 is 1.97 bits per heavy atom. The molecule has 8 heteroatoms. The van der Waals surface area contributed by atoms with Gasteiger partial charge in [0.25, 0.3) is 5.91 Å². The first kappa shape index (κ1) is 20.8. The van der Waals surface area contributed by atoms with Crippen LogP contribution in [0.3, 0.4) is 0 Å². The second-order valence-corrected chi connectivity index (χ2v) is 6.47. The Labute approximate surface area is 178 Å². The van der Waals surface area contributed by atoms with E-state index in [1.807, 2.05) is 30.3 Å². The second-order valence-electron chi connectivity index (χ2n) is 6.06. The number of carbonyl (C=O) groups excluding carboxylic acids is 2. The molecule has 0 aliphatic heterocycles. The van der Waals surface area contributed by atoms with E-state index >= 15 is 0 Å². The first-order valence-electron chi connectivity index (χ1n) is 8.93. The summed E-state index contributed by atoms with van der Waals surface area (Å²) >= 11 is 5.19. The molecule has 2 N–H and O–H groups in total.